The van der Waals surface area contributed by atoms with Gasteiger partial charge in [0.1, 0.15) is 18.7 Å². The molecule has 1 aliphatic heterocycles. The minimum Gasteiger partial charge on any atom is -0.463 e. The second kappa shape index (κ2) is 15.0. The van der Waals surface area contributed by atoms with Crippen LogP contribution in [-0.2, 0) is 19.9 Å². The van der Waals surface area contributed by atoms with E-state index in [-0.39, 0.29) is 47.2 Å². The van der Waals surface area contributed by atoms with Crippen LogP contribution in [0.2, 0.25) is 5.02 Å². The Hall–Kier alpha value is -5.19. The monoisotopic (exact) mass is 808 g/mol. The number of aliphatic imine (C=N–C) groups is 1. The molecular formula is C38H36ClF7N6O4. The number of nitrogens with two attached hydrogens (primary N) is 1. The number of amides is 1. The van der Waals surface area contributed by atoms with E-state index in [1.165, 1.54) is 30.3 Å². The molecule has 1 amide bonds. The lowest BCUT2D eigenvalue weighted by atomic mass is 9.75. The van der Waals surface area contributed by atoms with E-state index in [0.717, 1.165) is 15.9 Å². The van der Waals surface area contributed by atoms with E-state index < -0.39 is 72.4 Å². The summed E-state index contributed by atoms with van der Waals surface area (Å²) < 4.78 is 105. The van der Waals surface area contributed by atoms with Crippen LogP contribution in [-0.4, -0.2) is 56.9 Å². The van der Waals surface area contributed by atoms with Crippen LogP contribution in [0.1, 0.15) is 75.9 Å². The van der Waals surface area contributed by atoms with Crippen LogP contribution < -0.4 is 10.5 Å². The van der Waals surface area contributed by atoms with Gasteiger partial charge < -0.3 is 15.2 Å². The van der Waals surface area contributed by atoms with Crippen molar-refractivity contribution < 1.29 is 49.8 Å². The Morgan fingerprint density at radius 3 is 2.14 bits per heavy atom. The summed E-state index contributed by atoms with van der Waals surface area (Å²) in [5, 5.41) is 3.84. The van der Waals surface area contributed by atoms with Gasteiger partial charge in [-0.2, -0.15) is 27.1 Å². The van der Waals surface area contributed by atoms with Crippen molar-refractivity contribution in [3.63, 3.8) is 0 Å². The highest BCUT2D eigenvalue weighted by molar-refractivity contribution is 6.32. The second-order valence-electron chi connectivity index (χ2n) is 14.9. The van der Waals surface area contributed by atoms with Crippen molar-refractivity contribution in [3.05, 3.63) is 95.0 Å². The third-order valence-electron chi connectivity index (χ3n) is 9.69. The molecule has 0 saturated heterocycles. The van der Waals surface area contributed by atoms with Gasteiger partial charge in [-0.25, -0.2) is 23.4 Å². The molecule has 2 aliphatic rings. The van der Waals surface area contributed by atoms with Crippen LogP contribution in [0.15, 0.2) is 78.0 Å². The molecule has 2 atom stereocenters. The number of carbonyl (C=O) groups is 2. The molecule has 6 rings (SSSR count). The Morgan fingerprint density at radius 2 is 1.59 bits per heavy atom. The minimum atomic E-state index is -4.63. The number of guanidine groups is 1. The molecule has 2 heterocycles. The van der Waals surface area contributed by atoms with Gasteiger partial charge in [-0.15, -0.1) is 0 Å². The first kappa shape index (κ1) is 40.5. The predicted octanol–water partition coefficient (Wildman–Crippen LogP) is 8.93. The van der Waals surface area contributed by atoms with Crippen molar-refractivity contribution in [2.75, 3.05) is 6.61 Å². The van der Waals surface area contributed by atoms with Crippen LogP contribution in [0, 0.1) is 10.8 Å². The van der Waals surface area contributed by atoms with Crippen molar-refractivity contribution in [1.82, 2.24) is 19.7 Å². The van der Waals surface area contributed by atoms with E-state index in [1.807, 2.05) is 20.8 Å². The number of aromatic nitrogens is 3. The predicted molar refractivity (Wildman–Crippen MR) is 190 cm³/mol. The Bertz CT molecular complexity index is 2120. The molecule has 0 bridgehead atoms. The molecule has 18 heteroatoms. The summed E-state index contributed by atoms with van der Waals surface area (Å²) in [6, 6.07) is 15.5. The van der Waals surface area contributed by atoms with Gasteiger partial charge >= 0.3 is 18.8 Å². The van der Waals surface area contributed by atoms with Crippen molar-refractivity contribution in [1.29, 1.82) is 0 Å². The molecule has 0 unspecified atom stereocenters. The van der Waals surface area contributed by atoms with E-state index in [4.69, 9.17) is 27.1 Å². The highest BCUT2D eigenvalue weighted by Crippen LogP contribution is 2.60. The number of nitrogens with zero attached hydrogens (tertiary/aromatic N) is 5. The van der Waals surface area contributed by atoms with Crippen molar-refractivity contribution in [2.24, 2.45) is 21.6 Å². The maximum absolute atomic E-state index is 15.0. The molecule has 1 saturated carbocycles. The molecule has 0 radical (unpaired) electrons. The standard InChI is InChI=1S/C38H36ClF7N6O4/c1-35(2,3)19-37(24-9-4-21(5-10-24)22-6-11-25(12-7-22)56-33(42)43)32(54)51(34(47)50-37)28(18-55-29(53)17-36(14-15-36)38(44,45)46)23-8-13-26(39)27(16-23)52-31(30(40)41)48-20-49-52/h4-13,16,20,28,30,33H,14-15,17-19H2,1-3H3,(H2,47,50)/t28-,37-/m1/s1. The van der Waals surface area contributed by atoms with E-state index in [9.17, 15) is 40.3 Å². The van der Waals surface area contributed by atoms with Gasteiger partial charge in [-0.05, 0) is 71.2 Å². The molecule has 4 aromatic rings. The number of ether oxygens (including phenoxy) is 2. The number of alkyl halides is 7. The van der Waals surface area contributed by atoms with Crippen LogP contribution in [0.25, 0.3) is 16.8 Å². The maximum atomic E-state index is 15.0. The van der Waals surface area contributed by atoms with Gasteiger partial charge in [0.25, 0.3) is 12.3 Å². The SMILES string of the molecule is CC(C)(C)C[C@]1(c2ccc(-c3ccc(OC(F)F)cc3)cc2)N=C(N)N([C@H](COC(=O)CC2(C(F)(F)F)CC2)c2ccc(Cl)c(-n3ncnc3C(F)F)c2)C1=O. The van der Waals surface area contributed by atoms with Gasteiger partial charge in [-0.3, -0.25) is 14.5 Å². The lowest BCUT2D eigenvalue weighted by Crippen LogP contribution is -2.47. The fourth-order valence-corrected chi connectivity index (χ4v) is 7.05. The maximum Gasteiger partial charge on any atom is 0.395 e. The molecule has 298 valence electrons. The van der Waals surface area contributed by atoms with Gasteiger partial charge in [0.05, 0.1) is 28.6 Å². The number of carbonyl (C=O) groups excluding carboxylic acids is 2. The molecule has 10 nitrogen and oxygen atoms in total. The molecule has 1 aromatic heterocycles. The van der Waals surface area contributed by atoms with Crippen LogP contribution in [0.3, 0.4) is 0 Å². The summed E-state index contributed by atoms with van der Waals surface area (Å²) in [5.41, 5.74) is 3.97. The fourth-order valence-electron chi connectivity index (χ4n) is 6.86. The first-order valence-corrected chi connectivity index (χ1v) is 17.7. The van der Waals surface area contributed by atoms with E-state index >= 15 is 0 Å². The Kier molecular flexibility index (Phi) is 10.9. The lowest BCUT2D eigenvalue weighted by Gasteiger charge is -2.35. The van der Waals surface area contributed by atoms with E-state index in [0.29, 0.717) is 16.7 Å². The molecule has 2 N–H and O–H groups in total. The third-order valence-corrected chi connectivity index (χ3v) is 10.0. The average molecular weight is 809 g/mol. The summed E-state index contributed by atoms with van der Waals surface area (Å²) in [4.78, 5) is 37.3. The molecule has 56 heavy (non-hydrogen) atoms. The number of halogens is 8. The average Bonchev–Trinajstić information content (AvgIpc) is 3.66. The number of hydrogen-bond acceptors (Lipinski definition) is 8. The van der Waals surface area contributed by atoms with Crippen LogP contribution >= 0.6 is 11.6 Å². The first-order chi connectivity index (χ1) is 26.2. The zero-order valence-electron chi connectivity index (χ0n) is 30.2. The molecular weight excluding hydrogens is 773 g/mol. The van der Waals surface area contributed by atoms with Crippen molar-refractivity contribution in [3.8, 4) is 22.6 Å². The van der Waals surface area contributed by atoms with Gasteiger partial charge in [-0.1, -0.05) is 74.8 Å². The zero-order chi connectivity index (χ0) is 40.8. The number of benzene rings is 3. The minimum absolute atomic E-state index is 0.0258. The van der Waals surface area contributed by atoms with Gasteiger partial charge in [0.2, 0.25) is 0 Å². The summed E-state index contributed by atoms with van der Waals surface area (Å²) in [5.74, 6) is -2.90. The number of rotatable bonds is 13. The first-order valence-electron chi connectivity index (χ1n) is 17.3. The molecule has 3 aromatic carbocycles. The third kappa shape index (κ3) is 8.18. The van der Waals surface area contributed by atoms with Crippen molar-refractivity contribution >= 4 is 29.4 Å². The molecule has 0 spiro atoms. The van der Waals surface area contributed by atoms with E-state index in [1.54, 1.807) is 36.4 Å². The quantitative estimate of drug-likeness (QED) is 0.106. The van der Waals surface area contributed by atoms with Gasteiger partial charge in [0.15, 0.2) is 17.3 Å². The zero-order valence-corrected chi connectivity index (χ0v) is 30.9. The second-order valence-corrected chi connectivity index (χ2v) is 15.3. The normalized spacial score (nSPS) is 18.7. The van der Waals surface area contributed by atoms with Crippen molar-refractivity contribution in [2.45, 2.75) is 77.2 Å². The van der Waals surface area contributed by atoms with Gasteiger partial charge in [0, 0.05) is 0 Å². The van der Waals surface area contributed by atoms with E-state index in [2.05, 4.69) is 14.8 Å². The largest absolute Gasteiger partial charge is 0.463 e. The number of esters is 1. The summed E-state index contributed by atoms with van der Waals surface area (Å²) in [7, 11) is 0. The highest BCUT2D eigenvalue weighted by Gasteiger charge is 2.64. The summed E-state index contributed by atoms with van der Waals surface area (Å²) in [6.45, 7) is 1.97. The topological polar surface area (TPSA) is 125 Å². The summed E-state index contributed by atoms with van der Waals surface area (Å²) in [6.07, 6.45) is -8.09. The summed E-state index contributed by atoms with van der Waals surface area (Å²) >= 11 is 6.43. The fraction of sp³-hybridized carbons (Fsp3) is 0.395. The Balaban J connectivity index is 1.38. The van der Waals surface area contributed by atoms with Crippen LogP contribution in [0.4, 0.5) is 30.7 Å². The molecule has 1 fully saturated rings. The molecule has 1 aliphatic carbocycles. The Morgan fingerprint density at radius 1 is 0.964 bits per heavy atom. The Labute approximate surface area is 321 Å². The smallest absolute Gasteiger partial charge is 0.395 e. The van der Waals surface area contributed by atoms with Crippen LogP contribution in [0.5, 0.6) is 5.75 Å². The lowest BCUT2D eigenvalue weighted by molar-refractivity contribution is -0.195. The highest BCUT2D eigenvalue weighted by atomic mass is 35.5. The number of hydrogen-bond donors (Lipinski definition) is 1.